The number of carbonyl (C=O) groups is 1. The van der Waals surface area contributed by atoms with Crippen LogP contribution in [-0.2, 0) is 0 Å². The maximum Gasteiger partial charge on any atom is 0.390 e. The summed E-state index contributed by atoms with van der Waals surface area (Å²) in [4.78, 5) is 17.0. The summed E-state index contributed by atoms with van der Waals surface area (Å²) in [6.45, 7) is 2.28. The second kappa shape index (κ2) is 7.12. The number of carbonyl (C=O) groups excluding carboxylic acids is 1. The van der Waals surface area contributed by atoms with Crippen LogP contribution in [-0.4, -0.2) is 42.1 Å². The molecule has 0 spiro atoms. The minimum atomic E-state index is -4.27. The van der Waals surface area contributed by atoms with Gasteiger partial charge in [0.15, 0.2) is 0 Å². The van der Waals surface area contributed by atoms with Crippen LogP contribution in [0.5, 0.6) is 0 Å². The zero-order chi connectivity index (χ0) is 15.2. The highest BCUT2D eigenvalue weighted by atomic mass is 19.4. The Labute approximate surface area is 116 Å². The number of anilines is 1. The molecule has 4 nitrogen and oxygen atoms in total. The number of hydrogen-bond donors (Lipinski definition) is 1. The van der Waals surface area contributed by atoms with E-state index >= 15 is 0 Å². The van der Waals surface area contributed by atoms with Gasteiger partial charge in [0, 0.05) is 32.5 Å². The Hall–Kier alpha value is -1.79. The summed E-state index contributed by atoms with van der Waals surface area (Å²) in [5.74, 6) is -0.471. The van der Waals surface area contributed by atoms with Crippen molar-refractivity contribution in [3.05, 3.63) is 24.0 Å². The number of halogens is 3. The summed E-state index contributed by atoms with van der Waals surface area (Å²) in [6.07, 6.45) is -1.52. The van der Waals surface area contributed by atoms with E-state index in [1.165, 1.54) is 19.4 Å². The minimum Gasteiger partial charge on any atom is -0.384 e. The lowest BCUT2D eigenvalue weighted by atomic mass is 10.2. The molecule has 0 saturated carbocycles. The summed E-state index contributed by atoms with van der Waals surface area (Å²) in [5, 5.41) is 3.06. The molecule has 1 aromatic rings. The van der Waals surface area contributed by atoms with Crippen LogP contribution in [0.4, 0.5) is 18.9 Å². The first-order valence-corrected chi connectivity index (χ1v) is 6.35. The summed E-state index contributed by atoms with van der Waals surface area (Å²) in [5.41, 5.74) is 0.872. The lowest BCUT2D eigenvalue weighted by Gasteiger charge is -2.19. The molecular weight excluding hydrogens is 271 g/mol. The number of nitrogens with zero attached hydrogens (tertiary/aromatic N) is 2. The number of aromatic nitrogens is 1. The lowest BCUT2D eigenvalue weighted by molar-refractivity contribution is -0.136. The van der Waals surface area contributed by atoms with Crippen LogP contribution in [0.25, 0.3) is 0 Å². The number of rotatable bonds is 6. The third kappa shape index (κ3) is 5.07. The second-order valence-electron chi connectivity index (χ2n) is 4.44. The van der Waals surface area contributed by atoms with Gasteiger partial charge in [-0.1, -0.05) is 6.92 Å². The third-order valence-electron chi connectivity index (χ3n) is 2.69. The number of amides is 1. The van der Waals surface area contributed by atoms with E-state index in [2.05, 4.69) is 10.3 Å². The molecule has 1 N–H and O–H groups in total. The maximum atomic E-state index is 12.2. The van der Waals surface area contributed by atoms with E-state index in [4.69, 9.17) is 0 Å². The highest BCUT2D eigenvalue weighted by Gasteiger charge is 2.28. The number of pyridine rings is 1. The highest BCUT2D eigenvalue weighted by molar-refractivity contribution is 5.99. The van der Waals surface area contributed by atoms with Crippen LogP contribution in [0.3, 0.4) is 0 Å². The van der Waals surface area contributed by atoms with Crippen LogP contribution < -0.4 is 5.32 Å². The van der Waals surface area contributed by atoms with Crippen molar-refractivity contribution in [3.63, 3.8) is 0 Å². The van der Waals surface area contributed by atoms with Gasteiger partial charge in [0.25, 0.3) is 5.91 Å². The maximum absolute atomic E-state index is 12.2. The molecule has 112 valence electrons. The quantitative estimate of drug-likeness (QED) is 0.875. The van der Waals surface area contributed by atoms with Crippen LogP contribution >= 0.6 is 0 Å². The topological polar surface area (TPSA) is 45.2 Å². The number of hydrogen-bond acceptors (Lipinski definition) is 3. The Kier molecular flexibility index (Phi) is 5.79. The minimum absolute atomic E-state index is 0.283. The van der Waals surface area contributed by atoms with Gasteiger partial charge >= 0.3 is 6.18 Å². The van der Waals surface area contributed by atoms with Gasteiger partial charge in [-0.25, -0.2) is 0 Å². The molecule has 1 heterocycles. The molecule has 0 aliphatic rings. The standard InChI is InChI=1S/C13H18F3N3O/c1-3-6-18-11-4-7-17-9-10(11)12(20)19(2)8-5-13(14,15)16/h4,7,9H,3,5-6,8H2,1-2H3,(H,17,18). The molecule has 7 heteroatoms. The van der Waals surface area contributed by atoms with E-state index in [1.54, 1.807) is 6.07 Å². The van der Waals surface area contributed by atoms with Gasteiger partial charge in [0.2, 0.25) is 0 Å². The van der Waals surface area contributed by atoms with Gasteiger partial charge in [-0.3, -0.25) is 9.78 Å². The van der Waals surface area contributed by atoms with Crippen molar-refractivity contribution < 1.29 is 18.0 Å². The number of nitrogens with one attached hydrogen (secondary N) is 1. The first-order chi connectivity index (χ1) is 9.35. The van der Waals surface area contributed by atoms with Gasteiger partial charge < -0.3 is 10.2 Å². The predicted octanol–water partition coefficient (Wildman–Crippen LogP) is 2.93. The van der Waals surface area contributed by atoms with Gasteiger partial charge in [-0.2, -0.15) is 13.2 Å². The molecule has 0 saturated heterocycles. The van der Waals surface area contributed by atoms with Crippen molar-refractivity contribution in [1.29, 1.82) is 0 Å². The van der Waals surface area contributed by atoms with Gasteiger partial charge in [-0.05, 0) is 12.5 Å². The van der Waals surface area contributed by atoms with Gasteiger partial charge in [0.1, 0.15) is 0 Å². The molecule has 0 aliphatic heterocycles. The smallest absolute Gasteiger partial charge is 0.384 e. The van der Waals surface area contributed by atoms with E-state index < -0.39 is 18.5 Å². The van der Waals surface area contributed by atoms with Crippen LogP contribution in [0.15, 0.2) is 18.5 Å². The molecule has 0 fully saturated rings. The molecule has 0 aliphatic carbocycles. The lowest BCUT2D eigenvalue weighted by Crippen LogP contribution is -2.31. The van der Waals surface area contributed by atoms with Crippen LogP contribution in [0.2, 0.25) is 0 Å². The first-order valence-electron chi connectivity index (χ1n) is 6.35. The molecule has 0 bridgehead atoms. The van der Waals surface area contributed by atoms with Crippen molar-refractivity contribution in [1.82, 2.24) is 9.88 Å². The monoisotopic (exact) mass is 289 g/mol. The Morgan fingerprint density at radius 2 is 2.15 bits per heavy atom. The van der Waals surface area contributed by atoms with Crippen LogP contribution in [0.1, 0.15) is 30.1 Å². The summed E-state index contributed by atoms with van der Waals surface area (Å²) in [7, 11) is 1.35. The zero-order valence-electron chi connectivity index (χ0n) is 11.5. The normalized spacial score (nSPS) is 11.2. The Morgan fingerprint density at radius 1 is 1.45 bits per heavy atom. The average Bonchev–Trinajstić information content (AvgIpc) is 2.41. The van der Waals surface area contributed by atoms with Crippen molar-refractivity contribution >= 4 is 11.6 Å². The SMILES string of the molecule is CCCNc1ccncc1C(=O)N(C)CCC(F)(F)F. The van der Waals surface area contributed by atoms with E-state index in [1.807, 2.05) is 6.92 Å². The van der Waals surface area contributed by atoms with Crippen LogP contribution in [0, 0.1) is 0 Å². The molecule has 0 radical (unpaired) electrons. The largest absolute Gasteiger partial charge is 0.390 e. The van der Waals surface area contributed by atoms with Gasteiger partial charge in [0.05, 0.1) is 17.7 Å². The number of alkyl halides is 3. The average molecular weight is 289 g/mol. The highest BCUT2D eigenvalue weighted by Crippen LogP contribution is 2.21. The Bertz CT molecular complexity index is 449. The molecular formula is C13H18F3N3O. The summed E-state index contributed by atoms with van der Waals surface area (Å²) < 4.78 is 36.5. The van der Waals surface area contributed by atoms with Gasteiger partial charge in [-0.15, -0.1) is 0 Å². The second-order valence-corrected chi connectivity index (χ2v) is 4.44. The Morgan fingerprint density at radius 3 is 2.75 bits per heavy atom. The molecule has 1 aromatic heterocycles. The predicted molar refractivity (Wildman–Crippen MR) is 70.7 cm³/mol. The zero-order valence-corrected chi connectivity index (χ0v) is 11.5. The molecule has 0 aromatic carbocycles. The first kappa shape index (κ1) is 16.3. The van der Waals surface area contributed by atoms with Crippen molar-refractivity contribution in [3.8, 4) is 0 Å². The molecule has 1 amide bonds. The van der Waals surface area contributed by atoms with E-state index in [0.717, 1.165) is 11.3 Å². The third-order valence-corrected chi connectivity index (χ3v) is 2.69. The van der Waals surface area contributed by atoms with Crippen molar-refractivity contribution in [2.75, 3.05) is 25.5 Å². The fraction of sp³-hybridized carbons (Fsp3) is 0.538. The fourth-order valence-corrected chi connectivity index (χ4v) is 1.58. The summed E-state index contributed by atoms with van der Waals surface area (Å²) in [6, 6.07) is 1.64. The van der Waals surface area contributed by atoms with E-state index in [0.29, 0.717) is 12.2 Å². The van der Waals surface area contributed by atoms with E-state index in [9.17, 15) is 18.0 Å². The molecule has 1 rings (SSSR count). The van der Waals surface area contributed by atoms with Crippen molar-refractivity contribution in [2.24, 2.45) is 0 Å². The summed E-state index contributed by atoms with van der Waals surface area (Å²) >= 11 is 0. The molecule has 20 heavy (non-hydrogen) atoms. The van der Waals surface area contributed by atoms with Crippen molar-refractivity contribution in [2.45, 2.75) is 25.9 Å². The molecule has 0 atom stereocenters. The fourth-order valence-electron chi connectivity index (χ4n) is 1.58. The van der Waals surface area contributed by atoms with E-state index in [-0.39, 0.29) is 12.1 Å². The Balaban J connectivity index is 2.75. The molecule has 0 unspecified atom stereocenters.